The summed E-state index contributed by atoms with van der Waals surface area (Å²) in [5.74, 6) is 0. The summed E-state index contributed by atoms with van der Waals surface area (Å²) >= 11 is 5.89. The Bertz CT molecular complexity index is 379. The number of nitrogens with one attached hydrogen (secondary N) is 1. The highest BCUT2D eigenvalue weighted by molar-refractivity contribution is 6.33. The van der Waals surface area contributed by atoms with Gasteiger partial charge in [-0.1, -0.05) is 11.6 Å². The van der Waals surface area contributed by atoms with Gasteiger partial charge in [-0.3, -0.25) is 0 Å². The van der Waals surface area contributed by atoms with Crippen LogP contribution < -0.4 is 5.32 Å². The molecule has 2 nitrogen and oxygen atoms in total. The maximum Gasteiger partial charge on any atom is 0.0996 e. The zero-order valence-corrected chi connectivity index (χ0v) is 7.31. The fourth-order valence-electron chi connectivity index (χ4n) is 1.50. The second-order valence-corrected chi connectivity index (χ2v) is 3.27. The molecule has 1 aromatic rings. The van der Waals surface area contributed by atoms with Crippen molar-refractivity contribution in [3.05, 3.63) is 28.3 Å². The molecule has 3 heteroatoms. The summed E-state index contributed by atoms with van der Waals surface area (Å²) in [6, 6.07) is 5.91. The molecule has 0 aliphatic carbocycles. The molecule has 1 aliphatic heterocycles. The average molecular weight is 179 g/mol. The molecule has 2 rings (SSSR count). The van der Waals surface area contributed by atoms with Crippen molar-refractivity contribution >= 4 is 17.3 Å². The van der Waals surface area contributed by atoms with Crippen molar-refractivity contribution in [3.8, 4) is 6.07 Å². The van der Waals surface area contributed by atoms with Gasteiger partial charge in [-0.05, 0) is 19.1 Å². The van der Waals surface area contributed by atoms with E-state index in [9.17, 15) is 0 Å². The number of anilines is 1. The molecule has 0 spiro atoms. The van der Waals surface area contributed by atoms with E-state index >= 15 is 0 Å². The Morgan fingerprint density at radius 1 is 1.58 bits per heavy atom. The molecule has 0 aromatic heterocycles. The van der Waals surface area contributed by atoms with Crippen molar-refractivity contribution in [2.24, 2.45) is 0 Å². The molecular formula is C9H7ClN2. The topological polar surface area (TPSA) is 35.8 Å². The molecule has 0 saturated carbocycles. The number of rotatable bonds is 0. The third-order valence-electron chi connectivity index (χ3n) is 2.11. The van der Waals surface area contributed by atoms with E-state index in [1.807, 2.05) is 6.92 Å². The highest BCUT2D eigenvalue weighted by Crippen LogP contribution is 2.42. The van der Waals surface area contributed by atoms with Gasteiger partial charge in [0.1, 0.15) is 0 Å². The first-order chi connectivity index (χ1) is 5.74. The lowest BCUT2D eigenvalue weighted by Gasteiger charge is -2.31. The number of nitriles is 1. The largest absolute Gasteiger partial charge is 0.377 e. The molecule has 60 valence electrons. The zero-order chi connectivity index (χ0) is 8.72. The van der Waals surface area contributed by atoms with Crippen LogP contribution in [0, 0.1) is 11.3 Å². The van der Waals surface area contributed by atoms with Crippen molar-refractivity contribution in [3.63, 3.8) is 0 Å². The summed E-state index contributed by atoms with van der Waals surface area (Å²) in [5.41, 5.74) is 2.69. The van der Waals surface area contributed by atoms with Crippen molar-refractivity contribution in [1.29, 1.82) is 5.26 Å². The standard InChI is InChI=1S/C9H7ClN2/c1-5-8-6(4-11)2-3-7(10)9(8)12-5/h2-3,5,12H,1H3. The maximum absolute atomic E-state index is 8.76. The Labute approximate surface area is 75.8 Å². The van der Waals surface area contributed by atoms with Crippen molar-refractivity contribution < 1.29 is 0 Å². The fourth-order valence-corrected chi connectivity index (χ4v) is 1.72. The Morgan fingerprint density at radius 3 is 2.92 bits per heavy atom. The number of halogens is 1. The lowest BCUT2D eigenvalue weighted by Crippen LogP contribution is -2.21. The summed E-state index contributed by atoms with van der Waals surface area (Å²) in [4.78, 5) is 0. The van der Waals surface area contributed by atoms with Crippen molar-refractivity contribution in [1.82, 2.24) is 0 Å². The van der Waals surface area contributed by atoms with Crippen LogP contribution in [-0.4, -0.2) is 0 Å². The molecule has 1 N–H and O–H groups in total. The molecule has 1 aromatic carbocycles. The van der Waals surface area contributed by atoms with Crippen LogP contribution in [0.3, 0.4) is 0 Å². The lowest BCUT2D eigenvalue weighted by molar-refractivity contribution is 0.815. The minimum Gasteiger partial charge on any atom is -0.377 e. The van der Waals surface area contributed by atoms with Gasteiger partial charge in [-0.2, -0.15) is 5.26 Å². The third-order valence-corrected chi connectivity index (χ3v) is 2.42. The van der Waals surface area contributed by atoms with Gasteiger partial charge in [0, 0.05) is 5.56 Å². The van der Waals surface area contributed by atoms with Crippen LogP contribution in [0.2, 0.25) is 5.02 Å². The van der Waals surface area contributed by atoms with E-state index in [4.69, 9.17) is 16.9 Å². The number of hydrogen-bond donors (Lipinski definition) is 1. The van der Waals surface area contributed by atoms with Gasteiger partial charge in [0.2, 0.25) is 0 Å². The predicted molar refractivity (Wildman–Crippen MR) is 48.2 cm³/mol. The van der Waals surface area contributed by atoms with Crippen LogP contribution in [0.1, 0.15) is 24.1 Å². The van der Waals surface area contributed by atoms with E-state index < -0.39 is 0 Å². The first-order valence-corrected chi connectivity index (χ1v) is 4.11. The Kier molecular flexibility index (Phi) is 1.49. The van der Waals surface area contributed by atoms with Crippen LogP contribution in [-0.2, 0) is 0 Å². The highest BCUT2D eigenvalue weighted by atomic mass is 35.5. The SMILES string of the molecule is CC1Nc2c(Cl)ccc(C#N)c21. The number of nitrogens with zero attached hydrogens (tertiary/aromatic N) is 1. The Balaban J connectivity index is 2.65. The minimum atomic E-state index is 0.258. The molecule has 1 atom stereocenters. The van der Waals surface area contributed by atoms with E-state index in [1.54, 1.807) is 12.1 Å². The smallest absolute Gasteiger partial charge is 0.0996 e. The van der Waals surface area contributed by atoms with Gasteiger partial charge in [-0.25, -0.2) is 0 Å². The Hall–Kier alpha value is -1.20. The van der Waals surface area contributed by atoms with E-state index in [2.05, 4.69) is 11.4 Å². The average Bonchev–Trinajstić information content (AvgIpc) is 2.06. The Morgan fingerprint density at radius 2 is 2.33 bits per heavy atom. The number of fused-ring (bicyclic) bond motifs is 1. The molecule has 0 saturated heterocycles. The predicted octanol–water partition coefficient (Wildman–Crippen LogP) is 2.70. The lowest BCUT2D eigenvalue weighted by atomic mass is 9.93. The van der Waals surface area contributed by atoms with Crippen molar-refractivity contribution in [2.75, 3.05) is 5.32 Å². The van der Waals surface area contributed by atoms with E-state index in [-0.39, 0.29) is 6.04 Å². The summed E-state index contributed by atoms with van der Waals surface area (Å²) in [6.45, 7) is 2.01. The van der Waals surface area contributed by atoms with Gasteiger partial charge in [0.25, 0.3) is 0 Å². The normalized spacial score (nSPS) is 18.6. The second kappa shape index (κ2) is 2.40. The summed E-state index contributed by atoms with van der Waals surface area (Å²) < 4.78 is 0. The maximum atomic E-state index is 8.76. The molecule has 12 heavy (non-hydrogen) atoms. The van der Waals surface area contributed by atoms with Gasteiger partial charge < -0.3 is 5.32 Å². The zero-order valence-electron chi connectivity index (χ0n) is 6.56. The van der Waals surface area contributed by atoms with E-state index in [0.717, 1.165) is 16.8 Å². The fraction of sp³-hybridized carbons (Fsp3) is 0.222. The van der Waals surface area contributed by atoms with Gasteiger partial charge in [0.15, 0.2) is 0 Å². The summed E-state index contributed by atoms with van der Waals surface area (Å²) in [7, 11) is 0. The first kappa shape index (κ1) is 7.45. The van der Waals surface area contributed by atoms with E-state index in [0.29, 0.717) is 5.02 Å². The second-order valence-electron chi connectivity index (χ2n) is 2.86. The molecule has 0 radical (unpaired) electrons. The highest BCUT2D eigenvalue weighted by Gasteiger charge is 2.26. The minimum absolute atomic E-state index is 0.258. The van der Waals surface area contributed by atoms with Gasteiger partial charge in [0.05, 0.1) is 28.4 Å². The number of hydrogen-bond acceptors (Lipinski definition) is 2. The van der Waals surface area contributed by atoms with Crippen LogP contribution >= 0.6 is 11.6 Å². The van der Waals surface area contributed by atoms with Crippen LogP contribution in [0.15, 0.2) is 12.1 Å². The van der Waals surface area contributed by atoms with Crippen LogP contribution in [0.5, 0.6) is 0 Å². The quantitative estimate of drug-likeness (QED) is 0.663. The van der Waals surface area contributed by atoms with Gasteiger partial charge >= 0.3 is 0 Å². The molecule has 1 aliphatic rings. The van der Waals surface area contributed by atoms with Gasteiger partial charge in [-0.15, -0.1) is 0 Å². The molecule has 0 amide bonds. The molecule has 0 fully saturated rings. The summed E-state index contributed by atoms with van der Waals surface area (Å²) in [5, 5.41) is 12.6. The van der Waals surface area contributed by atoms with E-state index in [1.165, 1.54) is 0 Å². The van der Waals surface area contributed by atoms with Crippen LogP contribution in [0.25, 0.3) is 0 Å². The molecule has 1 heterocycles. The monoisotopic (exact) mass is 178 g/mol. The third kappa shape index (κ3) is 0.804. The molecular weight excluding hydrogens is 172 g/mol. The first-order valence-electron chi connectivity index (χ1n) is 3.73. The molecule has 0 bridgehead atoms. The summed E-state index contributed by atoms with van der Waals surface area (Å²) in [6.07, 6.45) is 0. The number of benzene rings is 1. The molecule has 1 unspecified atom stereocenters. The van der Waals surface area contributed by atoms with Crippen LogP contribution in [0.4, 0.5) is 5.69 Å². The van der Waals surface area contributed by atoms with Crippen molar-refractivity contribution in [2.45, 2.75) is 13.0 Å².